The zero-order valence-corrected chi connectivity index (χ0v) is 14.6. The van der Waals surface area contributed by atoms with E-state index in [4.69, 9.17) is 23.2 Å². The number of rotatable bonds is 4. The van der Waals surface area contributed by atoms with Gasteiger partial charge in [-0.05, 0) is 43.5 Å². The van der Waals surface area contributed by atoms with E-state index in [-0.39, 0.29) is 5.24 Å². The molecule has 0 spiro atoms. The highest BCUT2D eigenvalue weighted by atomic mass is 35.5. The Bertz CT molecular complexity index is 489. The number of carbonyl (C=O) groups excluding carboxylic acids is 1. The van der Waals surface area contributed by atoms with Gasteiger partial charge >= 0.3 is 0 Å². The Kier molecular flexibility index (Phi) is 6.72. The normalized spacial score (nSPS) is 16.0. The molecule has 0 aliphatic heterocycles. The molecule has 1 saturated carbocycles. The summed E-state index contributed by atoms with van der Waals surface area (Å²) in [7, 11) is 0. The monoisotopic (exact) mass is 345 g/mol. The lowest BCUT2D eigenvalue weighted by molar-refractivity contribution is 0.182. The van der Waals surface area contributed by atoms with Gasteiger partial charge in [0.15, 0.2) is 0 Å². The molecule has 0 bridgehead atoms. The lowest BCUT2D eigenvalue weighted by Gasteiger charge is -2.33. The molecule has 0 atom stereocenters. The van der Waals surface area contributed by atoms with Gasteiger partial charge in [0.1, 0.15) is 0 Å². The minimum Gasteiger partial charge on any atom is -0.331 e. The Hall–Kier alpha value is -0.380. The summed E-state index contributed by atoms with van der Waals surface area (Å²) < 4.78 is 0. The van der Waals surface area contributed by atoms with E-state index in [1.807, 2.05) is 11.0 Å². The van der Waals surface area contributed by atoms with Crippen LogP contribution in [0.15, 0.2) is 18.2 Å². The number of amides is 1. The standard InChI is InChI=1S/C16H21Cl2NOS/c1-2-19(14-6-4-3-5-7-14)16(20)21-11-12-10-13(17)8-9-15(12)18/h8-10,14H,2-7,11H2,1H3. The average Bonchev–Trinajstić information content (AvgIpc) is 2.50. The summed E-state index contributed by atoms with van der Waals surface area (Å²) in [6, 6.07) is 5.79. The van der Waals surface area contributed by atoms with Crippen LogP contribution in [0, 0.1) is 0 Å². The van der Waals surface area contributed by atoms with E-state index in [9.17, 15) is 4.79 Å². The number of hydrogen-bond acceptors (Lipinski definition) is 2. The van der Waals surface area contributed by atoms with Crippen molar-refractivity contribution in [2.45, 2.75) is 50.8 Å². The molecule has 0 aromatic heterocycles. The van der Waals surface area contributed by atoms with Gasteiger partial charge in [0.05, 0.1) is 0 Å². The minimum atomic E-state index is 0.153. The summed E-state index contributed by atoms with van der Waals surface area (Å²) in [4.78, 5) is 14.5. The van der Waals surface area contributed by atoms with Crippen molar-refractivity contribution in [1.29, 1.82) is 0 Å². The lowest BCUT2D eigenvalue weighted by atomic mass is 9.94. The molecule has 1 aliphatic rings. The summed E-state index contributed by atoms with van der Waals surface area (Å²) in [5, 5.41) is 1.47. The molecule has 1 aromatic carbocycles. The maximum absolute atomic E-state index is 12.5. The van der Waals surface area contributed by atoms with Crippen molar-refractivity contribution in [3.8, 4) is 0 Å². The first kappa shape index (κ1) is 17.0. The maximum atomic E-state index is 12.5. The molecule has 21 heavy (non-hydrogen) atoms. The number of benzene rings is 1. The minimum absolute atomic E-state index is 0.153. The van der Waals surface area contributed by atoms with Gasteiger partial charge in [0, 0.05) is 28.4 Å². The Labute approximate surface area is 141 Å². The van der Waals surface area contributed by atoms with Gasteiger partial charge in [-0.15, -0.1) is 0 Å². The van der Waals surface area contributed by atoms with Crippen LogP contribution in [-0.4, -0.2) is 22.7 Å². The molecule has 1 aliphatic carbocycles. The first-order valence-electron chi connectivity index (χ1n) is 7.49. The third kappa shape index (κ3) is 4.80. The van der Waals surface area contributed by atoms with Crippen LogP contribution in [-0.2, 0) is 5.75 Å². The maximum Gasteiger partial charge on any atom is 0.282 e. The summed E-state index contributed by atoms with van der Waals surface area (Å²) >= 11 is 13.4. The van der Waals surface area contributed by atoms with Crippen molar-refractivity contribution in [1.82, 2.24) is 4.90 Å². The van der Waals surface area contributed by atoms with E-state index in [0.717, 1.165) is 24.9 Å². The number of hydrogen-bond donors (Lipinski definition) is 0. The molecular weight excluding hydrogens is 325 g/mol. The fourth-order valence-corrected chi connectivity index (χ4v) is 4.23. The van der Waals surface area contributed by atoms with Crippen molar-refractivity contribution < 1.29 is 4.79 Å². The highest BCUT2D eigenvalue weighted by Crippen LogP contribution is 2.29. The Morgan fingerprint density at radius 3 is 2.67 bits per heavy atom. The molecule has 0 heterocycles. The second kappa shape index (κ2) is 8.30. The molecule has 0 N–H and O–H groups in total. The molecule has 1 aromatic rings. The largest absolute Gasteiger partial charge is 0.331 e. The van der Waals surface area contributed by atoms with Gasteiger partial charge < -0.3 is 4.90 Å². The van der Waals surface area contributed by atoms with Gasteiger partial charge in [-0.2, -0.15) is 0 Å². The van der Waals surface area contributed by atoms with Crippen molar-refractivity contribution in [2.24, 2.45) is 0 Å². The SMILES string of the molecule is CCN(C(=O)SCc1cc(Cl)ccc1Cl)C1CCCCC1. The van der Waals surface area contributed by atoms with Crippen LogP contribution in [0.2, 0.25) is 10.0 Å². The fourth-order valence-electron chi connectivity index (χ4n) is 2.81. The molecule has 1 fully saturated rings. The number of nitrogens with zero attached hydrogens (tertiary/aromatic N) is 1. The summed E-state index contributed by atoms with van der Waals surface area (Å²) in [5.74, 6) is 0.571. The smallest absolute Gasteiger partial charge is 0.282 e. The molecule has 0 unspecified atom stereocenters. The molecule has 5 heteroatoms. The lowest BCUT2D eigenvalue weighted by Crippen LogP contribution is -2.39. The number of carbonyl (C=O) groups is 1. The van der Waals surface area contributed by atoms with Crippen molar-refractivity contribution in [2.75, 3.05) is 6.54 Å². The number of thioether (sulfide) groups is 1. The molecular formula is C16H21Cl2NOS. The van der Waals surface area contributed by atoms with Crippen LogP contribution in [0.3, 0.4) is 0 Å². The van der Waals surface area contributed by atoms with Crippen LogP contribution in [0.5, 0.6) is 0 Å². The van der Waals surface area contributed by atoms with Crippen molar-refractivity contribution >= 4 is 40.2 Å². The molecule has 2 rings (SSSR count). The Morgan fingerprint density at radius 2 is 2.00 bits per heavy atom. The van der Waals surface area contributed by atoms with Crippen molar-refractivity contribution in [3.63, 3.8) is 0 Å². The van der Waals surface area contributed by atoms with Gasteiger partial charge in [0.25, 0.3) is 5.24 Å². The topological polar surface area (TPSA) is 20.3 Å². The zero-order chi connectivity index (χ0) is 15.2. The molecule has 116 valence electrons. The summed E-state index contributed by atoms with van der Waals surface area (Å²) in [6.45, 7) is 2.83. The third-order valence-electron chi connectivity index (χ3n) is 3.95. The molecule has 0 saturated heterocycles. The first-order chi connectivity index (χ1) is 10.1. The van der Waals surface area contributed by atoms with E-state index >= 15 is 0 Å². The second-order valence-electron chi connectivity index (χ2n) is 5.37. The van der Waals surface area contributed by atoms with Gasteiger partial charge in [-0.1, -0.05) is 54.2 Å². The number of halogens is 2. The van der Waals surface area contributed by atoms with Gasteiger partial charge in [0.2, 0.25) is 0 Å². The molecule has 2 nitrogen and oxygen atoms in total. The highest BCUT2D eigenvalue weighted by molar-refractivity contribution is 8.12. The average molecular weight is 346 g/mol. The highest BCUT2D eigenvalue weighted by Gasteiger charge is 2.24. The quantitative estimate of drug-likeness (QED) is 0.666. The molecule has 1 amide bonds. The van der Waals surface area contributed by atoms with Crippen LogP contribution in [0.4, 0.5) is 4.79 Å². The molecule has 0 radical (unpaired) electrons. The van der Waals surface area contributed by atoms with Gasteiger partial charge in [-0.3, -0.25) is 4.79 Å². The Morgan fingerprint density at radius 1 is 1.29 bits per heavy atom. The third-order valence-corrected chi connectivity index (χ3v) is 5.49. The van der Waals surface area contributed by atoms with Crippen LogP contribution in [0.25, 0.3) is 0 Å². The van der Waals surface area contributed by atoms with Crippen LogP contribution < -0.4 is 0 Å². The second-order valence-corrected chi connectivity index (χ2v) is 7.14. The summed E-state index contributed by atoms with van der Waals surface area (Å²) in [5.41, 5.74) is 0.919. The van der Waals surface area contributed by atoms with Crippen LogP contribution in [0.1, 0.15) is 44.6 Å². The predicted molar refractivity (Wildman–Crippen MR) is 92.4 cm³/mol. The predicted octanol–water partition coefficient (Wildman–Crippen LogP) is 6.00. The fraction of sp³-hybridized carbons (Fsp3) is 0.562. The Balaban J connectivity index is 1.94. The van der Waals surface area contributed by atoms with E-state index in [1.165, 1.54) is 31.0 Å². The van der Waals surface area contributed by atoms with E-state index in [0.29, 0.717) is 21.8 Å². The van der Waals surface area contributed by atoms with Crippen LogP contribution >= 0.6 is 35.0 Å². The van der Waals surface area contributed by atoms with E-state index < -0.39 is 0 Å². The van der Waals surface area contributed by atoms with Gasteiger partial charge in [-0.25, -0.2) is 0 Å². The van der Waals surface area contributed by atoms with E-state index in [1.54, 1.807) is 12.1 Å². The zero-order valence-electron chi connectivity index (χ0n) is 12.3. The van der Waals surface area contributed by atoms with E-state index in [2.05, 4.69) is 6.92 Å². The first-order valence-corrected chi connectivity index (χ1v) is 9.23. The van der Waals surface area contributed by atoms with Crippen molar-refractivity contribution in [3.05, 3.63) is 33.8 Å². The summed E-state index contributed by atoms with van der Waals surface area (Å²) in [6.07, 6.45) is 6.04.